The van der Waals surface area contributed by atoms with Gasteiger partial charge in [0, 0.05) is 6.26 Å². The van der Waals surface area contributed by atoms with Gasteiger partial charge in [-0.25, -0.2) is 8.42 Å². The number of phenols is 1. The van der Waals surface area contributed by atoms with Crippen LogP contribution in [0, 0.1) is 0 Å². The van der Waals surface area contributed by atoms with Crippen molar-refractivity contribution in [3.8, 4) is 16.9 Å². The molecule has 0 unspecified atom stereocenters. The summed E-state index contributed by atoms with van der Waals surface area (Å²) in [6, 6.07) is 13.4. The van der Waals surface area contributed by atoms with Crippen LogP contribution < -0.4 is 0 Å². The van der Waals surface area contributed by atoms with E-state index in [0.29, 0.717) is 0 Å². The van der Waals surface area contributed by atoms with Gasteiger partial charge >= 0.3 is 0 Å². The van der Waals surface area contributed by atoms with Crippen molar-refractivity contribution in [3.63, 3.8) is 0 Å². The molecule has 0 aliphatic rings. The third kappa shape index (κ3) is 2.65. The van der Waals surface area contributed by atoms with E-state index in [4.69, 9.17) is 0 Å². The fourth-order valence-corrected chi connectivity index (χ4v) is 2.26. The van der Waals surface area contributed by atoms with Crippen molar-refractivity contribution in [1.29, 1.82) is 0 Å². The third-order valence-electron chi connectivity index (χ3n) is 2.44. The standard InChI is InChI=1S/C13H12O3S/c1-17(15,16)13-7-3-5-11(9-13)10-4-2-6-12(14)8-10/h2-9,14H,1H3. The first-order valence-corrected chi connectivity index (χ1v) is 6.95. The molecule has 4 heteroatoms. The Morgan fingerprint density at radius 2 is 1.53 bits per heavy atom. The van der Waals surface area contributed by atoms with E-state index in [0.717, 1.165) is 11.1 Å². The molecule has 2 rings (SSSR count). The van der Waals surface area contributed by atoms with Gasteiger partial charge < -0.3 is 5.11 Å². The highest BCUT2D eigenvalue weighted by molar-refractivity contribution is 7.90. The molecule has 0 atom stereocenters. The van der Waals surface area contributed by atoms with E-state index in [2.05, 4.69) is 0 Å². The topological polar surface area (TPSA) is 54.4 Å². The normalized spacial score (nSPS) is 11.4. The lowest BCUT2D eigenvalue weighted by Gasteiger charge is -2.04. The monoisotopic (exact) mass is 248 g/mol. The molecule has 88 valence electrons. The molecular formula is C13H12O3S. The summed E-state index contributed by atoms with van der Waals surface area (Å²) in [6.07, 6.45) is 1.18. The number of rotatable bonds is 2. The van der Waals surface area contributed by atoms with Crippen molar-refractivity contribution >= 4 is 9.84 Å². The molecule has 0 saturated carbocycles. The maximum absolute atomic E-state index is 11.4. The summed E-state index contributed by atoms with van der Waals surface area (Å²) >= 11 is 0. The Morgan fingerprint density at radius 1 is 0.941 bits per heavy atom. The van der Waals surface area contributed by atoms with E-state index in [1.165, 1.54) is 6.26 Å². The predicted molar refractivity (Wildman–Crippen MR) is 66.7 cm³/mol. The highest BCUT2D eigenvalue weighted by Gasteiger charge is 2.08. The number of phenolic OH excluding ortho intramolecular Hbond substituents is 1. The summed E-state index contributed by atoms with van der Waals surface area (Å²) in [4.78, 5) is 0.276. The first-order valence-electron chi connectivity index (χ1n) is 5.06. The molecule has 0 aliphatic carbocycles. The molecule has 0 amide bonds. The zero-order chi connectivity index (χ0) is 12.5. The molecule has 0 spiro atoms. The third-order valence-corrected chi connectivity index (χ3v) is 3.55. The summed E-state index contributed by atoms with van der Waals surface area (Å²) in [5, 5.41) is 9.39. The summed E-state index contributed by atoms with van der Waals surface area (Å²) in [5.41, 5.74) is 1.55. The summed E-state index contributed by atoms with van der Waals surface area (Å²) in [5.74, 6) is 0.159. The molecule has 0 fully saturated rings. The minimum Gasteiger partial charge on any atom is -0.508 e. The second kappa shape index (κ2) is 4.22. The SMILES string of the molecule is CS(=O)(=O)c1cccc(-c2cccc(O)c2)c1. The molecule has 1 N–H and O–H groups in total. The van der Waals surface area contributed by atoms with Crippen LogP contribution in [0.2, 0.25) is 0 Å². The molecule has 2 aromatic carbocycles. The zero-order valence-electron chi connectivity index (χ0n) is 9.29. The van der Waals surface area contributed by atoms with Crippen molar-refractivity contribution in [1.82, 2.24) is 0 Å². The van der Waals surface area contributed by atoms with Crippen molar-refractivity contribution in [2.24, 2.45) is 0 Å². The van der Waals surface area contributed by atoms with Crippen LogP contribution in [0.15, 0.2) is 53.4 Å². The average Bonchev–Trinajstić information content (AvgIpc) is 2.28. The van der Waals surface area contributed by atoms with Gasteiger partial charge in [-0.1, -0.05) is 24.3 Å². The number of hydrogen-bond acceptors (Lipinski definition) is 3. The molecule has 0 heterocycles. The Hall–Kier alpha value is -1.81. The molecular weight excluding hydrogens is 236 g/mol. The van der Waals surface area contributed by atoms with Gasteiger partial charge in [0.2, 0.25) is 0 Å². The maximum atomic E-state index is 11.4. The average molecular weight is 248 g/mol. The number of hydrogen-bond donors (Lipinski definition) is 1. The molecule has 0 aliphatic heterocycles. The van der Waals surface area contributed by atoms with Gasteiger partial charge in [-0.15, -0.1) is 0 Å². The molecule has 0 radical (unpaired) electrons. The van der Waals surface area contributed by atoms with Crippen molar-refractivity contribution in [3.05, 3.63) is 48.5 Å². The van der Waals surface area contributed by atoms with Crippen molar-refractivity contribution in [2.45, 2.75) is 4.90 Å². The van der Waals surface area contributed by atoms with Gasteiger partial charge in [-0.05, 0) is 35.4 Å². The van der Waals surface area contributed by atoms with Gasteiger partial charge in [0.15, 0.2) is 9.84 Å². The lowest BCUT2D eigenvalue weighted by atomic mass is 10.1. The molecule has 3 nitrogen and oxygen atoms in total. The maximum Gasteiger partial charge on any atom is 0.175 e. The van der Waals surface area contributed by atoms with Crippen LogP contribution in [0.3, 0.4) is 0 Å². The van der Waals surface area contributed by atoms with Gasteiger partial charge in [-0.3, -0.25) is 0 Å². The summed E-state index contributed by atoms with van der Waals surface area (Å²) in [7, 11) is -3.21. The van der Waals surface area contributed by atoms with Crippen LogP contribution in [0.1, 0.15) is 0 Å². The Bertz CT molecular complexity index is 645. The zero-order valence-corrected chi connectivity index (χ0v) is 10.1. The number of aromatic hydroxyl groups is 1. The molecule has 17 heavy (non-hydrogen) atoms. The fourth-order valence-electron chi connectivity index (χ4n) is 1.59. The van der Waals surface area contributed by atoms with Crippen LogP contribution in [-0.2, 0) is 9.84 Å². The quantitative estimate of drug-likeness (QED) is 0.888. The van der Waals surface area contributed by atoms with Crippen LogP contribution >= 0.6 is 0 Å². The van der Waals surface area contributed by atoms with E-state index in [-0.39, 0.29) is 10.6 Å². The first-order chi connectivity index (χ1) is 7.97. The highest BCUT2D eigenvalue weighted by atomic mass is 32.2. The van der Waals surface area contributed by atoms with Crippen LogP contribution in [-0.4, -0.2) is 19.8 Å². The second-order valence-electron chi connectivity index (χ2n) is 3.85. The first kappa shape index (κ1) is 11.7. The van der Waals surface area contributed by atoms with E-state index in [9.17, 15) is 13.5 Å². The molecule has 0 saturated heterocycles. The van der Waals surface area contributed by atoms with Crippen molar-refractivity contribution < 1.29 is 13.5 Å². The lowest BCUT2D eigenvalue weighted by molar-refractivity contribution is 0.475. The number of benzene rings is 2. The fraction of sp³-hybridized carbons (Fsp3) is 0.0769. The van der Waals surface area contributed by atoms with Crippen molar-refractivity contribution in [2.75, 3.05) is 6.26 Å². The van der Waals surface area contributed by atoms with E-state index < -0.39 is 9.84 Å². The van der Waals surface area contributed by atoms with E-state index in [1.807, 2.05) is 12.1 Å². The largest absolute Gasteiger partial charge is 0.508 e. The number of sulfone groups is 1. The summed E-state index contributed by atoms with van der Waals surface area (Å²) in [6.45, 7) is 0. The van der Waals surface area contributed by atoms with Gasteiger partial charge in [0.25, 0.3) is 0 Å². The Labute approximate surface area is 100 Å². The minimum absolute atomic E-state index is 0.159. The van der Waals surface area contributed by atoms with E-state index in [1.54, 1.807) is 36.4 Å². The van der Waals surface area contributed by atoms with Crippen LogP contribution in [0.25, 0.3) is 11.1 Å². The molecule has 2 aromatic rings. The van der Waals surface area contributed by atoms with E-state index >= 15 is 0 Å². The summed E-state index contributed by atoms with van der Waals surface area (Å²) < 4.78 is 22.9. The molecule has 0 bridgehead atoms. The Kier molecular flexibility index (Phi) is 2.90. The smallest absolute Gasteiger partial charge is 0.175 e. The van der Waals surface area contributed by atoms with Crippen LogP contribution in [0.4, 0.5) is 0 Å². The highest BCUT2D eigenvalue weighted by Crippen LogP contribution is 2.25. The Morgan fingerprint density at radius 3 is 2.12 bits per heavy atom. The lowest BCUT2D eigenvalue weighted by Crippen LogP contribution is -1.96. The Balaban J connectivity index is 2.54. The van der Waals surface area contributed by atoms with Gasteiger partial charge in [0.1, 0.15) is 5.75 Å². The predicted octanol–water partition coefficient (Wildman–Crippen LogP) is 2.46. The molecule has 0 aromatic heterocycles. The van der Waals surface area contributed by atoms with Gasteiger partial charge in [-0.2, -0.15) is 0 Å². The minimum atomic E-state index is -3.21. The second-order valence-corrected chi connectivity index (χ2v) is 5.87. The van der Waals surface area contributed by atoms with Gasteiger partial charge in [0.05, 0.1) is 4.90 Å². The van der Waals surface area contributed by atoms with Crippen LogP contribution in [0.5, 0.6) is 5.75 Å².